The third-order valence-electron chi connectivity index (χ3n) is 5.17. The number of allylic oxidation sites excluding steroid dienone is 3. The van der Waals surface area contributed by atoms with Gasteiger partial charge in [0.15, 0.2) is 0 Å². The van der Waals surface area contributed by atoms with E-state index in [1.807, 2.05) is 6.92 Å². The van der Waals surface area contributed by atoms with Gasteiger partial charge in [0, 0.05) is 26.7 Å². The number of nitrogens with zero attached hydrogens (tertiary/aromatic N) is 2. The predicted molar refractivity (Wildman–Crippen MR) is 147 cm³/mol. The summed E-state index contributed by atoms with van der Waals surface area (Å²) < 4.78 is 12.8. The minimum atomic E-state index is -0.557. The molecule has 198 valence electrons. The van der Waals surface area contributed by atoms with Crippen molar-refractivity contribution in [3.05, 3.63) is 89.0 Å². The standard InChI is InChI=1S/C26H31FN4O2.C2H5NO/c1-21-8-10-23(11-9-21)13-12-22(5-4-15-27)14-17-31(18-16-29-20-32)26(33)24-6-2-3-7-25(24)30-19-28;1-3-2-4/h2-12,19-20H,13-18H2,1H3,(H2,28,30)(H,29,32);2H,1H3,(H,3,4)/b5-4-,22-12+;. The van der Waals surface area contributed by atoms with Crippen LogP contribution in [0, 0.1) is 6.92 Å². The second-order valence-corrected chi connectivity index (χ2v) is 7.84. The Morgan fingerprint density at radius 3 is 2.41 bits per heavy atom. The maximum absolute atomic E-state index is 13.3. The second kappa shape index (κ2) is 19.0. The van der Waals surface area contributed by atoms with Gasteiger partial charge in [0.25, 0.3) is 5.91 Å². The number of amides is 3. The predicted octanol–water partition coefficient (Wildman–Crippen LogP) is 3.25. The van der Waals surface area contributed by atoms with E-state index in [4.69, 9.17) is 10.5 Å². The summed E-state index contributed by atoms with van der Waals surface area (Å²) in [5.74, 6) is -0.212. The van der Waals surface area contributed by atoms with Crippen LogP contribution in [0.25, 0.3) is 0 Å². The van der Waals surface area contributed by atoms with Crippen molar-refractivity contribution in [2.75, 3.05) is 33.4 Å². The number of halogens is 1. The number of aryl methyl sites for hydroxylation is 1. The van der Waals surface area contributed by atoms with Crippen LogP contribution in [0.5, 0.6) is 0 Å². The molecular formula is C28H36FN5O3. The summed E-state index contributed by atoms with van der Waals surface area (Å²) in [4.78, 5) is 38.8. The Kier molecular flexibility index (Phi) is 15.8. The number of nitrogens with one attached hydrogen (secondary N) is 2. The Bertz CT molecular complexity index is 1050. The molecule has 0 heterocycles. The van der Waals surface area contributed by atoms with E-state index in [1.54, 1.807) is 42.3 Å². The van der Waals surface area contributed by atoms with Gasteiger partial charge in [-0.25, -0.2) is 9.38 Å². The maximum Gasteiger partial charge on any atom is 0.256 e. The number of benzene rings is 2. The van der Waals surface area contributed by atoms with Crippen molar-refractivity contribution < 1.29 is 18.8 Å². The molecule has 2 rings (SSSR count). The summed E-state index contributed by atoms with van der Waals surface area (Å²) in [7, 11) is 1.56. The highest BCUT2D eigenvalue weighted by Crippen LogP contribution is 2.21. The topological polar surface area (TPSA) is 117 Å². The molecule has 0 unspecified atom stereocenters. The van der Waals surface area contributed by atoms with Crippen LogP contribution in [0.3, 0.4) is 0 Å². The Balaban J connectivity index is 0.00000159. The minimum absolute atomic E-state index is 0.212. The molecule has 0 saturated heterocycles. The summed E-state index contributed by atoms with van der Waals surface area (Å²) in [5, 5.41) is 4.85. The summed E-state index contributed by atoms with van der Waals surface area (Å²) in [6.07, 6.45) is 8.90. The van der Waals surface area contributed by atoms with Crippen molar-refractivity contribution in [2.24, 2.45) is 10.7 Å². The van der Waals surface area contributed by atoms with Crippen LogP contribution in [-0.2, 0) is 16.0 Å². The van der Waals surface area contributed by atoms with E-state index in [1.165, 1.54) is 11.6 Å². The van der Waals surface area contributed by atoms with Gasteiger partial charge in [0.1, 0.15) is 6.67 Å². The van der Waals surface area contributed by atoms with Gasteiger partial charge in [0.2, 0.25) is 12.8 Å². The molecule has 0 atom stereocenters. The number of hydrogen-bond donors (Lipinski definition) is 3. The maximum atomic E-state index is 13.3. The zero-order valence-electron chi connectivity index (χ0n) is 21.4. The van der Waals surface area contributed by atoms with Crippen LogP contribution in [0.15, 0.2) is 77.3 Å². The average Bonchev–Trinajstić information content (AvgIpc) is 2.92. The normalized spacial score (nSPS) is 11.1. The SMILES string of the molecule is CNC=O.Cc1ccc(C/C=C(\C=C/CF)CCN(CCNC=O)C(=O)c2ccccc2N=CN)cc1. The van der Waals surface area contributed by atoms with Gasteiger partial charge in [-0.3, -0.25) is 14.4 Å². The molecule has 4 N–H and O–H groups in total. The molecule has 3 amide bonds. The fourth-order valence-electron chi connectivity index (χ4n) is 3.28. The van der Waals surface area contributed by atoms with Crippen LogP contribution >= 0.6 is 0 Å². The van der Waals surface area contributed by atoms with Crippen LogP contribution in [0.4, 0.5) is 10.1 Å². The first-order valence-electron chi connectivity index (χ1n) is 11.9. The number of carbonyl (C=O) groups is 3. The largest absolute Gasteiger partial charge is 0.390 e. The van der Waals surface area contributed by atoms with Crippen LogP contribution in [-0.4, -0.2) is 63.3 Å². The van der Waals surface area contributed by atoms with Crippen LogP contribution in [0.1, 0.15) is 27.9 Å². The summed E-state index contributed by atoms with van der Waals surface area (Å²) in [6.45, 7) is 2.53. The average molecular weight is 510 g/mol. The summed E-state index contributed by atoms with van der Waals surface area (Å²) in [5.41, 5.74) is 9.61. The van der Waals surface area contributed by atoms with E-state index < -0.39 is 6.67 Å². The van der Waals surface area contributed by atoms with Crippen molar-refractivity contribution in [3.63, 3.8) is 0 Å². The van der Waals surface area contributed by atoms with Crippen molar-refractivity contribution in [1.29, 1.82) is 0 Å². The van der Waals surface area contributed by atoms with Gasteiger partial charge in [-0.15, -0.1) is 0 Å². The molecule has 0 saturated carbocycles. The Morgan fingerprint density at radius 1 is 1.08 bits per heavy atom. The molecule has 0 aliphatic carbocycles. The fraction of sp³-hybridized carbons (Fsp3) is 0.286. The lowest BCUT2D eigenvalue weighted by molar-refractivity contribution is -0.110. The van der Waals surface area contributed by atoms with E-state index >= 15 is 0 Å². The van der Waals surface area contributed by atoms with Crippen molar-refractivity contribution in [1.82, 2.24) is 15.5 Å². The van der Waals surface area contributed by atoms with Crippen LogP contribution < -0.4 is 16.4 Å². The second-order valence-electron chi connectivity index (χ2n) is 7.84. The molecule has 0 radical (unpaired) electrons. The molecule has 0 aliphatic heterocycles. The zero-order valence-corrected chi connectivity index (χ0v) is 21.4. The van der Waals surface area contributed by atoms with E-state index in [9.17, 15) is 14.0 Å². The highest BCUT2D eigenvalue weighted by molar-refractivity contribution is 5.99. The molecule has 0 spiro atoms. The first kappa shape index (κ1) is 30.8. The number of para-hydroxylation sites is 1. The molecule has 37 heavy (non-hydrogen) atoms. The lowest BCUT2D eigenvalue weighted by Crippen LogP contribution is -2.37. The molecule has 0 aliphatic rings. The van der Waals surface area contributed by atoms with E-state index in [0.29, 0.717) is 56.5 Å². The number of nitrogens with two attached hydrogens (primary N) is 1. The molecule has 9 heteroatoms. The quantitative estimate of drug-likeness (QED) is 0.119. The Labute approximate surface area is 218 Å². The molecule has 0 aromatic heterocycles. The summed E-state index contributed by atoms with van der Waals surface area (Å²) in [6, 6.07) is 15.2. The van der Waals surface area contributed by atoms with Gasteiger partial charge in [-0.2, -0.15) is 0 Å². The fourth-order valence-corrected chi connectivity index (χ4v) is 3.28. The number of aliphatic imine (C=N–C) groups is 1. The Hall–Kier alpha value is -4.27. The van der Waals surface area contributed by atoms with Gasteiger partial charge in [-0.05, 0) is 37.5 Å². The van der Waals surface area contributed by atoms with Gasteiger partial charge in [-0.1, -0.05) is 65.8 Å². The van der Waals surface area contributed by atoms with Crippen LogP contribution in [0.2, 0.25) is 0 Å². The molecule has 2 aromatic rings. The third-order valence-corrected chi connectivity index (χ3v) is 5.17. The number of carbonyl (C=O) groups excluding carboxylic acids is 3. The monoisotopic (exact) mass is 509 g/mol. The van der Waals surface area contributed by atoms with Gasteiger partial charge >= 0.3 is 0 Å². The third kappa shape index (κ3) is 12.3. The first-order chi connectivity index (χ1) is 18.0. The molecule has 0 fully saturated rings. The molecule has 8 nitrogen and oxygen atoms in total. The van der Waals surface area contributed by atoms with E-state index in [-0.39, 0.29) is 5.91 Å². The minimum Gasteiger partial charge on any atom is -0.390 e. The van der Waals surface area contributed by atoms with Gasteiger partial charge < -0.3 is 21.3 Å². The van der Waals surface area contributed by atoms with Crippen molar-refractivity contribution in [3.8, 4) is 0 Å². The highest BCUT2D eigenvalue weighted by atomic mass is 19.1. The lowest BCUT2D eigenvalue weighted by atomic mass is 10.0. The number of hydrogen-bond acceptors (Lipinski definition) is 4. The van der Waals surface area contributed by atoms with Crippen molar-refractivity contribution >= 4 is 30.8 Å². The number of alkyl halides is 1. The van der Waals surface area contributed by atoms with E-state index in [0.717, 1.165) is 17.5 Å². The molecular weight excluding hydrogens is 473 g/mol. The zero-order chi connectivity index (χ0) is 27.3. The smallest absolute Gasteiger partial charge is 0.256 e. The Morgan fingerprint density at radius 2 is 1.78 bits per heavy atom. The highest BCUT2D eigenvalue weighted by Gasteiger charge is 2.18. The van der Waals surface area contributed by atoms with Gasteiger partial charge in [0.05, 0.1) is 17.6 Å². The van der Waals surface area contributed by atoms with Crippen molar-refractivity contribution in [2.45, 2.75) is 19.8 Å². The summed E-state index contributed by atoms with van der Waals surface area (Å²) >= 11 is 0. The number of rotatable bonds is 14. The molecule has 0 bridgehead atoms. The molecule has 2 aromatic carbocycles. The van der Waals surface area contributed by atoms with E-state index in [2.05, 4.69) is 46.0 Å². The lowest BCUT2D eigenvalue weighted by Gasteiger charge is -2.23. The first-order valence-corrected chi connectivity index (χ1v) is 11.9.